The smallest absolute Gasteiger partial charge is 0.498 e. The molecular weight excluding hydrogens is 502 g/mol. The first-order valence-electron chi connectivity index (χ1n) is 8.29. The van der Waals surface area contributed by atoms with Gasteiger partial charge in [-0.1, -0.05) is 38.1 Å². The molecule has 0 amide bonds. The Labute approximate surface area is 177 Å². The first-order chi connectivity index (χ1) is 10.6. The molecule has 0 aliphatic heterocycles. The topological polar surface area (TPSA) is 18.5 Å². The minimum Gasteiger partial charge on any atom is -0.498 e. The van der Waals surface area contributed by atoms with Crippen LogP contribution in [0.25, 0.3) is 12.2 Å². The maximum absolute atomic E-state index is 6.03. The Kier molecular flexibility index (Phi) is 14.5. The molecule has 1 atom stereocenters. The molecule has 148 valence electrons. The zero-order valence-corrected chi connectivity index (χ0v) is 20.1. The van der Waals surface area contributed by atoms with E-state index >= 15 is 0 Å². The van der Waals surface area contributed by atoms with Crippen LogP contribution in [0.5, 0.6) is 5.75 Å². The van der Waals surface area contributed by atoms with E-state index in [9.17, 15) is 0 Å². The number of hydrogen-bond donors (Lipinski definition) is 0. The van der Waals surface area contributed by atoms with Crippen LogP contribution in [-0.2, 0) is 25.8 Å². The van der Waals surface area contributed by atoms with E-state index in [4.69, 9.17) is 17.3 Å². The summed E-state index contributed by atoms with van der Waals surface area (Å²) in [4.78, 5) is 0. The van der Waals surface area contributed by atoms with Gasteiger partial charge in [0.15, 0.2) is 0 Å². The molecule has 26 heavy (non-hydrogen) atoms. The van der Waals surface area contributed by atoms with Crippen molar-refractivity contribution in [2.24, 2.45) is 0 Å². The standard InChI is InChI=1S/C18H23BO2.C2H6.2CH3.Pt/c1-17(2,3)20-15-8-6-7-13-9-10-16(12-14(13)11-15)21-18(4,5)19;1-2;;;/h6-12,15H,1-5H3;1-2H3;2*1H3;/q;;2*-1;+2. The van der Waals surface area contributed by atoms with Crippen molar-refractivity contribution in [3.05, 3.63) is 55.6 Å². The van der Waals surface area contributed by atoms with Crippen LogP contribution in [0.3, 0.4) is 0 Å². The van der Waals surface area contributed by atoms with E-state index in [0.29, 0.717) is 0 Å². The minimum absolute atomic E-state index is 0. The number of ether oxygens (including phenoxy) is 2. The molecule has 2 rings (SSSR count). The summed E-state index contributed by atoms with van der Waals surface area (Å²) in [6.07, 6.45) is 8.22. The van der Waals surface area contributed by atoms with Gasteiger partial charge in [-0.25, -0.2) is 0 Å². The van der Waals surface area contributed by atoms with Crippen molar-refractivity contribution in [1.29, 1.82) is 0 Å². The van der Waals surface area contributed by atoms with E-state index in [2.05, 4.69) is 39.0 Å². The Morgan fingerprint density at radius 1 is 0.962 bits per heavy atom. The van der Waals surface area contributed by atoms with Crippen molar-refractivity contribution in [2.75, 3.05) is 0 Å². The zero-order valence-electron chi connectivity index (χ0n) is 17.8. The predicted molar refractivity (Wildman–Crippen MR) is 113 cm³/mol. The fourth-order valence-electron chi connectivity index (χ4n) is 2.20. The maximum Gasteiger partial charge on any atom is 2.00 e. The Morgan fingerprint density at radius 3 is 2.04 bits per heavy atom. The van der Waals surface area contributed by atoms with Crippen molar-refractivity contribution in [2.45, 2.75) is 65.7 Å². The molecule has 4 heteroatoms. The minimum atomic E-state index is -0.692. The van der Waals surface area contributed by atoms with Gasteiger partial charge in [0.25, 0.3) is 0 Å². The van der Waals surface area contributed by atoms with Crippen molar-refractivity contribution >= 4 is 20.0 Å². The second kappa shape index (κ2) is 12.6. The Morgan fingerprint density at radius 2 is 1.54 bits per heavy atom. The Bertz CT molecular complexity index is 652. The van der Waals surface area contributed by atoms with Gasteiger partial charge in [0.1, 0.15) is 13.6 Å². The van der Waals surface area contributed by atoms with E-state index in [-0.39, 0.29) is 47.6 Å². The van der Waals surface area contributed by atoms with Gasteiger partial charge < -0.3 is 24.3 Å². The summed E-state index contributed by atoms with van der Waals surface area (Å²) in [5.74, 6) is 0.766. The number of allylic oxidation sites excluding steroid dienone is 1. The molecule has 0 N–H and O–H groups in total. The van der Waals surface area contributed by atoms with Crippen LogP contribution in [-0.4, -0.2) is 25.1 Å². The maximum atomic E-state index is 6.03. The summed E-state index contributed by atoms with van der Waals surface area (Å²) < 4.78 is 11.8. The summed E-state index contributed by atoms with van der Waals surface area (Å²) in [5.41, 5.74) is -0.883. The second-order valence-corrected chi connectivity index (χ2v) is 6.91. The molecule has 1 aromatic rings. The summed E-state index contributed by atoms with van der Waals surface area (Å²) in [6, 6.07) is 5.99. The molecule has 0 bridgehead atoms. The predicted octanol–water partition coefficient (Wildman–Crippen LogP) is 4.21. The average Bonchev–Trinajstić information content (AvgIpc) is 2.58. The molecule has 0 heterocycles. The van der Waals surface area contributed by atoms with Crippen LogP contribution < -0.4 is 15.2 Å². The van der Waals surface area contributed by atoms with Gasteiger partial charge in [0.05, 0.1) is 17.2 Å². The first-order valence-corrected chi connectivity index (χ1v) is 8.29. The van der Waals surface area contributed by atoms with Crippen molar-refractivity contribution in [3.63, 3.8) is 0 Å². The van der Waals surface area contributed by atoms with E-state index in [0.717, 1.165) is 16.2 Å². The molecule has 1 unspecified atom stereocenters. The third kappa shape index (κ3) is 11.0. The molecule has 0 saturated carbocycles. The third-order valence-electron chi connectivity index (χ3n) is 2.85. The summed E-state index contributed by atoms with van der Waals surface area (Å²) in [7, 11) is 5.91. The van der Waals surface area contributed by atoms with Crippen LogP contribution in [0.1, 0.15) is 48.5 Å². The van der Waals surface area contributed by atoms with Crippen molar-refractivity contribution in [3.8, 4) is 5.75 Å². The zero-order chi connectivity index (χ0) is 17.7. The van der Waals surface area contributed by atoms with Gasteiger partial charge in [-0.05, 0) is 63.3 Å². The summed E-state index contributed by atoms with van der Waals surface area (Å²) in [5, 5.41) is 2.24. The Balaban J connectivity index is -0.00000102. The quantitative estimate of drug-likeness (QED) is 0.425. The van der Waals surface area contributed by atoms with Crippen LogP contribution in [0.15, 0.2) is 30.4 Å². The molecule has 1 aromatic carbocycles. The number of benzene rings is 1. The number of hydrogen-bond acceptors (Lipinski definition) is 2. The van der Waals surface area contributed by atoms with Gasteiger partial charge in [-0.3, -0.25) is 0 Å². The van der Waals surface area contributed by atoms with Gasteiger partial charge >= 0.3 is 21.1 Å². The molecule has 2 radical (unpaired) electrons. The van der Waals surface area contributed by atoms with Gasteiger partial charge in [0.2, 0.25) is 0 Å². The molecule has 1 aliphatic carbocycles. The van der Waals surface area contributed by atoms with Crippen LogP contribution in [0.4, 0.5) is 0 Å². The monoisotopic (exact) mass is 537 g/mol. The van der Waals surface area contributed by atoms with Crippen LogP contribution in [0, 0.1) is 14.9 Å². The fraction of sp³-hybridized carbons (Fsp3) is 0.455. The molecule has 0 saturated heterocycles. The van der Waals surface area contributed by atoms with E-state index in [1.807, 2.05) is 52.0 Å². The molecular formula is C22H35BO2Pt. The first kappa shape index (κ1) is 30.0. The SMILES string of the molecule is CC.[B]C(C)(C)Oc1ccc2c(c1)=CC(OC(C)(C)C)C=CC=2.[CH3-].[CH3-].[Pt+2]. The van der Waals surface area contributed by atoms with Crippen molar-refractivity contribution in [1.82, 2.24) is 0 Å². The normalized spacial score (nSPS) is 15.0. The number of fused-ring (bicyclic) bond motifs is 1. The summed E-state index contributed by atoms with van der Waals surface area (Å²) >= 11 is 0. The summed E-state index contributed by atoms with van der Waals surface area (Å²) in [6.45, 7) is 13.8. The average molecular weight is 537 g/mol. The molecule has 1 aliphatic rings. The van der Waals surface area contributed by atoms with Crippen LogP contribution >= 0.6 is 0 Å². The number of rotatable bonds is 3. The van der Waals surface area contributed by atoms with Crippen LogP contribution in [0.2, 0.25) is 0 Å². The van der Waals surface area contributed by atoms with Gasteiger partial charge in [0, 0.05) is 0 Å². The largest absolute Gasteiger partial charge is 2.00 e. The van der Waals surface area contributed by atoms with E-state index in [1.54, 1.807) is 0 Å². The van der Waals surface area contributed by atoms with Crippen molar-refractivity contribution < 1.29 is 30.5 Å². The molecule has 0 fully saturated rings. The molecule has 2 nitrogen and oxygen atoms in total. The second-order valence-electron chi connectivity index (χ2n) is 6.91. The third-order valence-corrected chi connectivity index (χ3v) is 2.85. The van der Waals surface area contributed by atoms with E-state index < -0.39 is 5.50 Å². The molecule has 0 aromatic heterocycles. The van der Waals surface area contributed by atoms with Gasteiger partial charge in [-0.15, -0.1) is 0 Å². The van der Waals surface area contributed by atoms with E-state index in [1.165, 1.54) is 0 Å². The molecule has 0 spiro atoms. The van der Waals surface area contributed by atoms with Gasteiger partial charge in [-0.2, -0.15) is 0 Å². The fourth-order valence-corrected chi connectivity index (χ4v) is 2.20. The Hall–Kier alpha value is -0.787.